The molecule has 3 N–H and O–H groups in total. The lowest BCUT2D eigenvalue weighted by Gasteiger charge is -2.56. The van der Waals surface area contributed by atoms with Crippen LogP contribution in [0, 0.1) is 23.2 Å². The van der Waals surface area contributed by atoms with Crippen LogP contribution < -0.4 is 10.6 Å². The molecule has 0 heterocycles. The van der Waals surface area contributed by atoms with Gasteiger partial charge in [-0.25, -0.2) is 0 Å². The Balaban J connectivity index is 1.26. The molecular weight excluding hydrogens is 432 g/mol. The zero-order valence-corrected chi connectivity index (χ0v) is 21.1. The number of halogens is 1. The fourth-order valence-electron chi connectivity index (χ4n) is 7.32. The molecule has 0 saturated heterocycles. The molecule has 1 amide bonds. The van der Waals surface area contributed by atoms with Gasteiger partial charge >= 0.3 is 0 Å². The van der Waals surface area contributed by atoms with E-state index in [4.69, 9.17) is 11.6 Å². The van der Waals surface area contributed by atoms with Crippen molar-refractivity contribution < 1.29 is 9.90 Å². The maximum absolute atomic E-state index is 13.1. The molecule has 4 aliphatic rings. The topological polar surface area (TPSA) is 61.4 Å². The van der Waals surface area contributed by atoms with Crippen molar-refractivity contribution in [3.63, 3.8) is 0 Å². The minimum atomic E-state index is -0.0155. The summed E-state index contributed by atoms with van der Waals surface area (Å²) in [6, 6.07) is 6.30. The van der Waals surface area contributed by atoms with Crippen LogP contribution in [0.3, 0.4) is 0 Å². The molecule has 1 aromatic rings. The summed E-state index contributed by atoms with van der Waals surface area (Å²) in [5.41, 5.74) is 2.12. The van der Waals surface area contributed by atoms with E-state index in [0.717, 1.165) is 62.1 Å². The highest BCUT2D eigenvalue weighted by molar-refractivity contribution is 6.33. The van der Waals surface area contributed by atoms with Crippen LogP contribution in [-0.4, -0.2) is 36.8 Å². The second-order valence-electron chi connectivity index (χ2n) is 11.3. The minimum Gasteiger partial charge on any atom is -0.396 e. The summed E-state index contributed by atoms with van der Waals surface area (Å²) < 4.78 is 0. The average molecular weight is 475 g/mol. The van der Waals surface area contributed by atoms with Gasteiger partial charge < -0.3 is 15.7 Å². The normalized spacial score (nSPS) is 28.8. The Bertz CT molecular complexity index is 761. The quantitative estimate of drug-likeness (QED) is 0.319. The Morgan fingerprint density at radius 3 is 2.45 bits per heavy atom. The van der Waals surface area contributed by atoms with Gasteiger partial charge in [0.15, 0.2) is 0 Å². The Kier molecular flexibility index (Phi) is 8.75. The van der Waals surface area contributed by atoms with Crippen molar-refractivity contribution in [3.05, 3.63) is 34.3 Å². The largest absolute Gasteiger partial charge is 0.396 e. The van der Waals surface area contributed by atoms with Crippen molar-refractivity contribution in [2.45, 2.75) is 90.0 Å². The maximum atomic E-state index is 13.1. The summed E-state index contributed by atoms with van der Waals surface area (Å²) in [5.74, 6) is 2.67. The monoisotopic (exact) mass is 474 g/mol. The second kappa shape index (κ2) is 11.6. The van der Waals surface area contributed by atoms with E-state index < -0.39 is 0 Å². The zero-order chi connectivity index (χ0) is 23.3. The third-order valence-corrected chi connectivity index (χ3v) is 8.85. The van der Waals surface area contributed by atoms with E-state index in [9.17, 15) is 9.90 Å². The van der Waals surface area contributed by atoms with E-state index in [1.807, 2.05) is 18.2 Å². The number of nitrogens with one attached hydrogen (secondary N) is 2. The maximum Gasteiger partial charge on any atom is 0.252 e. The molecule has 1 aromatic carbocycles. The summed E-state index contributed by atoms with van der Waals surface area (Å²) in [6.45, 7) is 4.17. The predicted octanol–water partition coefficient (Wildman–Crippen LogP) is 5.75. The number of hydrogen-bond acceptors (Lipinski definition) is 3. The summed E-state index contributed by atoms with van der Waals surface area (Å²) in [7, 11) is 0. The fourth-order valence-corrected chi connectivity index (χ4v) is 7.53. The van der Waals surface area contributed by atoms with Crippen molar-refractivity contribution in [1.82, 2.24) is 10.6 Å². The van der Waals surface area contributed by atoms with Crippen LogP contribution >= 0.6 is 11.6 Å². The van der Waals surface area contributed by atoms with Crippen LogP contribution in [0.15, 0.2) is 18.2 Å². The number of carbonyl (C=O) groups is 1. The number of hydrogen-bond donors (Lipinski definition) is 3. The van der Waals surface area contributed by atoms with Crippen molar-refractivity contribution in [3.8, 4) is 0 Å². The van der Waals surface area contributed by atoms with Crippen LogP contribution in [-0.2, 0) is 6.42 Å². The summed E-state index contributed by atoms with van der Waals surface area (Å²) in [5, 5.41) is 16.7. The summed E-state index contributed by atoms with van der Waals surface area (Å²) in [6.07, 6.45) is 14.4. The van der Waals surface area contributed by atoms with Crippen LogP contribution in [0.2, 0.25) is 5.02 Å². The van der Waals surface area contributed by atoms with Crippen LogP contribution in [0.25, 0.3) is 0 Å². The van der Waals surface area contributed by atoms with Gasteiger partial charge in [-0.05, 0) is 112 Å². The van der Waals surface area contributed by atoms with E-state index >= 15 is 0 Å². The lowest BCUT2D eigenvalue weighted by Crippen LogP contribution is -2.51. The SMILES string of the molecule is CCCCC(CCO)NCCCc1ccc(Cl)c(C(=O)NCC23CC4CC(CC(C4)C2)C3)c1. The number of aryl methyl sites for hydroxylation is 1. The molecule has 0 aromatic heterocycles. The third-order valence-electron chi connectivity index (χ3n) is 8.52. The van der Waals surface area contributed by atoms with E-state index in [0.29, 0.717) is 22.0 Å². The Morgan fingerprint density at radius 1 is 1.12 bits per heavy atom. The van der Waals surface area contributed by atoms with Gasteiger partial charge in [0.25, 0.3) is 5.91 Å². The number of rotatable bonds is 13. The van der Waals surface area contributed by atoms with Crippen molar-refractivity contribution in [1.29, 1.82) is 0 Å². The highest BCUT2D eigenvalue weighted by Crippen LogP contribution is 2.59. The van der Waals surface area contributed by atoms with Crippen LogP contribution in [0.1, 0.15) is 93.5 Å². The smallest absolute Gasteiger partial charge is 0.252 e. The number of aliphatic hydroxyl groups is 1. The molecule has 4 bridgehead atoms. The highest BCUT2D eigenvalue weighted by atomic mass is 35.5. The van der Waals surface area contributed by atoms with Crippen molar-refractivity contribution >= 4 is 17.5 Å². The molecule has 5 heteroatoms. The van der Waals surface area contributed by atoms with Gasteiger partial charge in [-0.3, -0.25) is 4.79 Å². The molecule has 1 unspecified atom stereocenters. The van der Waals surface area contributed by atoms with Crippen molar-refractivity contribution in [2.24, 2.45) is 23.2 Å². The molecule has 33 heavy (non-hydrogen) atoms. The van der Waals surface area contributed by atoms with Gasteiger partial charge in [0, 0.05) is 19.2 Å². The van der Waals surface area contributed by atoms with Gasteiger partial charge in [0.05, 0.1) is 10.6 Å². The number of benzene rings is 1. The van der Waals surface area contributed by atoms with Gasteiger partial charge in [-0.15, -0.1) is 0 Å². The lowest BCUT2D eigenvalue weighted by molar-refractivity contribution is -0.0503. The lowest BCUT2D eigenvalue weighted by atomic mass is 9.49. The van der Waals surface area contributed by atoms with E-state index in [2.05, 4.69) is 17.6 Å². The first-order valence-electron chi connectivity index (χ1n) is 13.4. The molecule has 0 spiro atoms. The van der Waals surface area contributed by atoms with Gasteiger partial charge in [0.2, 0.25) is 0 Å². The van der Waals surface area contributed by atoms with E-state index in [1.165, 1.54) is 51.4 Å². The standard InChI is InChI=1S/C28H43ClN2O2/c1-2-3-6-24(9-11-32)30-10-4-5-20-7-8-26(29)25(15-20)27(33)31-19-28-16-21-12-22(17-28)14-23(13-21)18-28/h7-8,15,21-24,30,32H,2-6,9-14,16-19H2,1H3,(H,31,33). The molecule has 4 saturated carbocycles. The van der Waals surface area contributed by atoms with Gasteiger partial charge in [0.1, 0.15) is 0 Å². The average Bonchev–Trinajstić information content (AvgIpc) is 2.78. The number of unbranched alkanes of at least 4 members (excludes halogenated alkanes) is 1. The highest BCUT2D eigenvalue weighted by Gasteiger charge is 2.50. The number of aliphatic hydroxyl groups excluding tert-OH is 1. The minimum absolute atomic E-state index is 0.0155. The van der Waals surface area contributed by atoms with Gasteiger partial charge in [-0.2, -0.15) is 0 Å². The molecule has 1 atom stereocenters. The van der Waals surface area contributed by atoms with E-state index in [-0.39, 0.29) is 12.5 Å². The first-order chi connectivity index (χ1) is 16.0. The van der Waals surface area contributed by atoms with Crippen LogP contribution in [0.5, 0.6) is 0 Å². The predicted molar refractivity (Wildman–Crippen MR) is 136 cm³/mol. The Hall–Kier alpha value is -1.10. The van der Waals surface area contributed by atoms with Crippen molar-refractivity contribution in [2.75, 3.05) is 19.7 Å². The molecular formula is C28H43ClN2O2. The molecule has 4 aliphatic carbocycles. The third kappa shape index (κ3) is 6.52. The van der Waals surface area contributed by atoms with Gasteiger partial charge in [-0.1, -0.05) is 37.4 Å². The summed E-state index contributed by atoms with van der Waals surface area (Å²) in [4.78, 5) is 13.1. The molecule has 5 rings (SSSR count). The summed E-state index contributed by atoms with van der Waals surface area (Å²) >= 11 is 6.44. The van der Waals surface area contributed by atoms with E-state index in [1.54, 1.807) is 0 Å². The first kappa shape index (κ1) is 25.0. The second-order valence-corrected chi connectivity index (χ2v) is 11.7. The molecule has 0 radical (unpaired) electrons. The first-order valence-corrected chi connectivity index (χ1v) is 13.8. The number of amides is 1. The molecule has 0 aliphatic heterocycles. The zero-order valence-electron chi connectivity index (χ0n) is 20.4. The van der Waals surface area contributed by atoms with Crippen LogP contribution in [0.4, 0.5) is 0 Å². The fraction of sp³-hybridized carbons (Fsp3) is 0.750. The Labute approximate surface area is 205 Å². The Morgan fingerprint density at radius 2 is 1.82 bits per heavy atom. The molecule has 4 nitrogen and oxygen atoms in total. The molecule has 184 valence electrons. The molecule has 4 fully saturated rings. The number of carbonyl (C=O) groups excluding carboxylic acids is 1.